The van der Waals surface area contributed by atoms with E-state index in [4.69, 9.17) is 16.3 Å². The van der Waals surface area contributed by atoms with Crippen molar-refractivity contribution in [2.24, 2.45) is 0 Å². The molecule has 0 spiro atoms. The molecule has 2 N–H and O–H groups in total. The van der Waals surface area contributed by atoms with E-state index in [0.29, 0.717) is 11.4 Å². The number of halogens is 4. The molecule has 0 unspecified atom stereocenters. The van der Waals surface area contributed by atoms with Crippen molar-refractivity contribution in [2.75, 3.05) is 17.7 Å². The van der Waals surface area contributed by atoms with Gasteiger partial charge in [-0.2, -0.15) is 13.2 Å². The van der Waals surface area contributed by atoms with Crippen LogP contribution in [-0.4, -0.2) is 22.0 Å². The molecule has 1 aromatic heterocycles. The molecule has 0 aliphatic heterocycles. The van der Waals surface area contributed by atoms with Crippen LogP contribution in [0.4, 0.5) is 41.9 Å². The SMILES string of the molecule is COc1ccccc1Nc1ncnc(Nc2ccc(Cl)c(C(F)(F)F)c2)c1[N+](=O)[O-]. The fourth-order valence-corrected chi connectivity index (χ4v) is 2.79. The van der Waals surface area contributed by atoms with Crippen LogP contribution >= 0.6 is 11.6 Å². The van der Waals surface area contributed by atoms with Gasteiger partial charge in [-0.25, -0.2) is 9.97 Å². The van der Waals surface area contributed by atoms with E-state index in [1.54, 1.807) is 24.3 Å². The van der Waals surface area contributed by atoms with Crippen molar-refractivity contribution in [3.05, 3.63) is 69.5 Å². The number of hydrogen-bond acceptors (Lipinski definition) is 7. The second kappa shape index (κ2) is 8.41. The third-order valence-corrected chi connectivity index (χ3v) is 4.23. The Kier molecular flexibility index (Phi) is 5.92. The van der Waals surface area contributed by atoms with Gasteiger partial charge < -0.3 is 15.4 Å². The van der Waals surface area contributed by atoms with Gasteiger partial charge in [-0.1, -0.05) is 23.7 Å². The summed E-state index contributed by atoms with van der Waals surface area (Å²) in [7, 11) is 1.43. The lowest BCUT2D eigenvalue weighted by Crippen LogP contribution is -2.08. The highest BCUT2D eigenvalue weighted by Crippen LogP contribution is 2.39. The molecule has 0 aliphatic carbocycles. The number of para-hydroxylation sites is 2. The highest BCUT2D eigenvalue weighted by Gasteiger charge is 2.33. The van der Waals surface area contributed by atoms with Crippen LogP contribution in [-0.2, 0) is 6.18 Å². The van der Waals surface area contributed by atoms with E-state index in [9.17, 15) is 23.3 Å². The minimum Gasteiger partial charge on any atom is -0.495 e. The van der Waals surface area contributed by atoms with E-state index in [1.807, 2.05) is 0 Å². The molecule has 1 heterocycles. The smallest absolute Gasteiger partial charge is 0.417 e. The first-order valence-corrected chi connectivity index (χ1v) is 8.61. The lowest BCUT2D eigenvalue weighted by Gasteiger charge is -2.14. The summed E-state index contributed by atoms with van der Waals surface area (Å²) in [4.78, 5) is 18.6. The van der Waals surface area contributed by atoms with Crippen molar-refractivity contribution in [3.8, 4) is 5.75 Å². The Morgan fingerprint density at radius 3 is 2.40 bits per heavy atom. The molecule has 0 amide bonds. The largest absolute Gasteiger partial charge is 0.495 e. The Morgan fingerprint density at radius 1 is 1.10 bits per heavy atom. The molecular formula is C18H13ClF3N5O3. The van der Waals surface area contributed by atoms with Crippen molar-refractivity contribution in [1.82, 2.24) is 9.97 Å². The highest BCUT2D eigenvalue weighted by molar-refractivity contribution is 6.31. The molecule has 0 saturated heterocycles. The molecule has 0 radical (unpaired) electrons. The van der Waals surface area contributed by atoms with Gasteiger partial charge in [0.1, 0.15) is 12.1 Å². The van der Waals surface area contributed by atoms with Gasteiger partial charge in [0.15, 0.2) is 0 Å². The van der Waals surface area contributed by atoms with Crippen LogP contribution in [0.2, 0.25) is 5.02 Å². The van der Waals surface area contributed by atoms with Crippen LogP contribution in [0.1, 0.15) is 5.56 Å². The fraction of sp³-hybridized carbons (Fsp3) is 0.111. The first-order valence-electron chi connectivity index (χ1n) is 8.24. The monoisotopic (exact) mass is 439 g/mol. The molecular weight excluding hydrogens is 427 g/mol. The normalized spacial score (nSPS) is 11.1. The van der Waals surface area contributed by atoms with Crippen molar-refractivity contribution in [3.63, 3.8) is 0 Å². The molecule has 30 heavy (non-hydrogen) atoms. The Hall–Kier alpha value is -3.60. The Bertz CT molecular complexity index is 1090. The number of hydrogen-bond donors (Lipinski definition) is 2. The standard InChI is InChI=1S/C18H13ClF3N5O3/c1-30-14-5-3-2-4-13(14)26-17-15(27(28)29)16(23-9-24-17)25-10-6-7-12(19)11(8-10)18(20,21)22/h2-9H,1H3,(H2,23,24,25,26). The first kappa shape index (κ1) is 21.1. The van der Waals surface area contributed by atoms with Crippen LogP contribution in [0.15, 0.2) is 48.8 Å². The third kappa shape index (κ3) is 4.51. The molecule has 156 valence electrons. The molecule has 0 saturated carbocycles. The first-order chi connectivity index (χ1) is 14.2. The molecule has 3 aromatic rings. The van der Waals surface area contributed by atoms with Crippen LogP contribution in [0.5, 0.6) is 5.75 Å². The minimum absolute atomic E-state index is 0.0863. The van der Waals surface area contributed by atoms with Crippen molar-refractivity contribution in [1.29, 1.82) is 0 Å². The van der Waals surface area contributed by atoms with Crippen molar-refractivity contribution >= 4 is 40.3 Å². The number of aromatic nitrogens is 2. The summed E-state index contributed by atoms with van der Waals surface area (Å²) in [6.07, 6.45) is -3.66. The molecule has 8 nitrogen and oxygen atoms in total. The van der Waals surface area contributed by atoms with E-state index >= 15 is 0 Å². The number of methoxy groups -OCH3 is 1. The minimum atomic E-state index is -4.69. The fourth-order valence-electron chi connectivity index (χ4n) is 2.57. The summed E-state index contributed by atoms with van der Waals surface area (Å²) in [6.45, 7) is 0. The summed E-state index contributed by atoms with van der Waals surface area (Å²) < 4.78 is 44.4. The maximum absolute atomic E-state index is 13.1. The summed E-state index contributed by atoms with van der Waals surface area (Å²) in [5.41, 5.74) is -1.33. The van der Waals surface area contributed by atoms with Gasteiger partial charge in [0.2, 0.25) is 11.6 Å². The average molecular weight is 440 g/mol. The van der Waals surface area contributed by atoms with Gasteiger partial charge in [0.05, 0.1) is 28.3 Å². The second-order valence-corrected chi connectivity index (χ2v) is 6.23. The van der Waals surface area contributed by atoms with Crippen LogP contribution < -0.4 is 15.4 Å². The molecule has 12 heteroatoms. The number of alkyl halides is 3. The number of nitro groups is 1. The van der Waals surface area contributed by atoms with Gasteiger partial charge in [-0.15, -0.1) is 0 Å². The number of rotatable bonds is 6. The Morgan fingerprint density at radius 2 is 1.77 bits per heavy atom. The van der Waals surface area contributed by atoms with Gasteiger partial charge in [-0.3, -0.25) is 10.1 Å². The van der Waals surface area contributed by atoms with Gasteiger partial charge in [0, 0.05) is 5.69 Å². The quantitative estimate of drug-likeness (QED) is 0.383. The van der Waals surface area contributed by atoms with E-state index < -0.39 is 27.4 Å². The van der Waals surface area contributed by atoms with E-state index in [1.165, 1.54) is 13.2 Å². The highest BCUT2D eigenvalue weighted by atomic mass is 35.5. The Balaban J connectivity index is 2.01. The van der Waals surface area contributed by atoms with Crippen molar-refractivity contribution < 1.29 is 22.8 Å². The maximum atomic E-state index is 13.1. The van der Waals surface area contributed by atoms with Crippen LogP contribution in [0.25, 0.3) is 0 Å². The zero-order chi connectivity index (χ0) is 21.9. The molecule has 0 bridgehead atoms. The molecule has 2 aromatic carbocycles. The number of nitrogens with one attached hydrogen (secondary N) is 2. The average Bonchev–Trinajstić information content (AvgIpc) is 2.69. The van der Waals surface area contributed by atoms with Gasteiger partial charge in [0.25, 0.3) is 0 Å². The third-order valence-electron chi connectivity index (χ3n) is 3.90. The molecule has 0 atom stereocenters. The van der Waals surface area contributed by atoms with E-state index in [0.717, 1.165) is 18.5 Å². The number of anilines is 4. The zero-order valence-electron chi connectivity index (χ0n) is 15.2. The van der Waals surface area contributed by atoms with Crippen molar-refractivity contribution in [2.45, 2.75) is 6.18 Å². The number of ether oxygens (including phenoxy) is 1. The molecule has 0 aliphatic rings. The lowest BCUT2D eigenvalue weighted by atomic mass is 10.2. The van der Waals surface area contributed by atoms with E-state index in [-0.39, 0.29) is 17.3 Å². The van der Waals surface area contributed by atoms with Gasteiger partial charge in [-0.05, 0) is 30.3 Å². The predicted octanol–water partition coefficient (Wildman–Crippen LogP) is 5.55. The van der Waals surface area contributed by atoms with Crippen LogP contribution in [0, 0.1) is 10.1 Å². The van der Waals surface area contributed by atoms with Crippen LogP contribution in [0.3, 0.4) is 0 Å². The molecule has 3 rings (SSSR count). The lowest BCUT2D eigenvalue weighted by molar-refractivity contribution is -0.383. The predicted molar refractivity (Wildman–Crippen MR) is 105 cm³/mol. The summed E-state index contributed by atoms with van der Waals surface area (Å²) in [6, 6.07) is 9.67. The Labute approximate surface area is 172 Å². The van der Waals surface area contributed by atoms with Gasteiger partial charge >= 0.3 is 11.9 Å². The second-order valence-electron chi connectivity index (χ2n) is 5.82. The summed E-state index contributed by atoms with van der Waals surface area (Å²) >= 11 is 5.61. The molecule has 0 fully saturated rings. The van der Waals surface area contributed by atoms with E-state index in [2.05, 4.69) is 20.6 Å². The summed E-state index contributed by atoms with van der Waals surface area (Å²) in [5, 5.41) is 16.5. The number of nitrogens with zero attached hydrogens (tertiary/aromatic N) is 3. The summed E-state index contributed by atoms with van der Waals surface area (Å²) in [5.74, 6) is -0.0673. The zero-order valence-corrected chi connectivity index (χ0v) is 16.0. The topological polar surface area (TPSA) is 102 Å². The maximum Gasteiger partial charge on any atom is 0.417 e. The number of benzene rings is 2.